The predicted molar refractivity (Wildman–Crippen MR) is 83.1 cm³/mol. The lowest BCUT2D eigenvalue weighted by Crippen LogP contribution is -2.15. The smallest absolute Gasteiger partial charge is 0.235 e. The third kappa shape index (κ3) is 4.86. The Hall–Kier alpha value is -1.04. The molecule has 0 atom stereocenters. The Bertz CT molecular complexity index is 554. The average Bonchev–Trinajstić information content (AvgIpc) is 2.78. The summed E-state index contributed by atoms with van der Waals surface area (Å²) in [5.74, 6) is 1.76. The molecule has 0 aliphatic rings. The second-order valence-electron chi connectivity index (χ2n) is 3.97. The quantitative estimate of drug-likeness (QED) is 0.908. The summed E-state index contributed by atoms with van der Waals surface area (Å²) >= 11 is 8.95. The highest BCUT2D eigenvalue weighted by Crippen LogP contribution is 2.25. The molecule has 0 saturated heterocycles. The molecule has 0 aliphatic heterocycles. The van der Waals surface area contributed by atoms with Crippen LogP contribution in [-0.2, 0) is 10.5 Å². The number of aromatic nitrogens is 1. The number of thioether (sulfide) groups is 1. The van der Waals surface area contributed by atoms with Crippen molar-refractivity contribution in [1.29, 1.82) is 0 Å². The molecule has 3 nitrogen and oxygen atoms in total. The topological polar surface area (TPSA) is 42.0 Å². The van der Waals surface area contributed by atoms with Crippen LogP contribution < -0.4 is 5.32 Å². The second-order valence-corrected chi connectivity index (χ2v) is 6.75. The lowest BCUT2D eigenvalue weighted by Gasteiger charge is -2.04. The van der Waals surface area contributed by atoms with E-state index in [0.29, 0.717) is 11.6 Å². The molecule has 2 aromatic rings. The van der Waals surface area contributed by atoms with Crippen LogP contribution in [0.15, 0.2) is 30.5 Å². The molecule has 19 heavy (non-hydrogen) atoms. The highest BCUT2D eigenvalue weighted by atomic mass is 35.5. The number of nitrogens with zero attached hydrogens (tertiary/aromatic N) is 1. The Morgan fingerprint density at radius 3 is 2.89 bits per heavy atom. The van der Waals surface area contributed by atoms with Crippen LogP contribution in [0.1, 0.15) is 10.4 Å². The molecule has 6 heteroatoms. The Morgan fingerprint density at radius 2 is 2.26 bits per heavy atom. The van der Waals surface area contributed by atoms with Crippen molar-refractivity contribution in [2.45, 2.75) is 12.7 Å². The number of hydrogen-bond donors (Lipinski definition) is 1. The van der Waals surface area contributed by atoms with Gasteiger partial charge in [-0.25, -0.2) is 4.98 Å². The first-order chi connectivity index (χ1) is 9.13. The molecule has 2 heterocycles. The van der Waals surface area contributed by atoms with Crippen LogP contribution in [0.2, 0.25) is 4.34 Å². The fourth-order valence-electron chi connectivity index (χ4n) is 1.39. The zero-order chi connectivity index (χ0) is 13.7. The number of thiophene rings is 1. The molecule has 2 rings (SSSR count). The first kappa shape index (κ1) is 14.4. The van der Waals surface area contributed by atoms with Crippen molar-refractivity contribution in [2.75, 3.05) is 11.1 Å². The monoisotopic (exact) mass is 312 g/mol. The van der Waals surface area contributed by atoms with Gasteiger partial charge in [0.05, 0.1) is 10.1 Å². The SMILES string of the molecule is Cc1ccc(NC(=O)CSCc2ccc(Cl)s2)nc1. The number of anilines is 1. The van der Waals surface area contributed by atoms with Gasteiger partial charge in [0.25, 0.3) is 0 Å². The maximum absolute atomic E-state index is 11.7. The molecule has 0 fully saturated rings. The van der Waals surface area contributed by atoms with Gasteiger partial charge in [0, 0.05) is 16.8 Å². The van der Waals surface area contributed by atoms with Crippen LogP contribution in [0.25, 0.3) is 0 Å². The maximum Gasteiger partial charge on any atom is 0.235 e. The Morgan fingerprint density at radius 1 is 1.42 bits per heavy atom. The molecule has 2 aromatic heterocycles. The van der Waals surface area contributed by atoms with Crippen molar-refractivity contribution in [3.63, 3.8) is 0 Å². The number of carbonyl (C=O) groups excluding carboxylic acids is 1. The van der Waals surface area contributed by atoms with Crippen LogP contribution in [0.4, 0.5) is 5.82 Å². The molecular formula is C13H13ClN2OS2. The van der Waals surface area contributed by atoms with E-state index in [0.717, 1.165) is 15.7 Å². The number of carbonyl (C=O) groups is 1. The van der Waals surface area contributed by atoms with Gasteiger partial charge in [-0.15, -0.1) is 23.1 Å². The second kappa shape index (κ2) is 6.93. The van der Waals surface area contributed by atoms with Gasteiger partial charge in [0.2, 0.25) is 5.91 Å². The Labute approximate surface area is 125 Å². The zero-order valence-electron chi connectivity index (χ0n) is 10.4. The minimum Gasteiger partial charge on any atom is -0.310 e. The van der Waals surface area contributed by atoms with Crippen molar-refractivity contribution < 1.29 is 4.79 Å². The van der Waals surface area contributed by atoms with Gasteiger partial charge in [0.15, 0.2) is 0 Å². The van der Waals surface area contributed by atoms with Gasteiger partial charge in [-0.2, -0.15) is 0 Å². The first-order valence-electron chi connectivity index (χ1n) is 5.68. The largest absolute Gasteiger partial charge is 0.310 e. The molecular weight excluding hydrogens is 300 g/mol. The number of hydrogen-bond acceptors (Lipinski definition) is 4. The van der Waals surface area contributed by atoms with Gasteiger partial charge in [0.1, 0.15) is 5.82 Å². The van der Waals surface area contributed by atoms with Gasteiger partial charge < -0.3 is 5.32 Å². The molecule has 1 N–H and O–H groups in total. The molecule has 0 bridgehead atoms. The summed E-state index contributed by atoms with van der Waals surface area (Å²) in [7, 11) is 0. The van der Waals surface area contributed by atoms with Gasteiger partial charge >= 0.3 is 0 Å². The Kier molecular flexibility index (Phi) is 5.24. The maximum atomic E-state index is 11.7. The number of amides is 1. The normalized spacial score (nSPS) is 10.4. The first-order valence-corrected chi connectivity index (χ1v) is 8.03. The number of pyridine rings is 1. The van der Waals surface area contributed by atoms with E-state index in [4.69, 9.17) is 11.6 Å². The Balaban J connectivity index is 1.74. The van der Waals surface area contributed by atoms with Crippen molar-refractivity contribution >= 4 is 46.4 Å². The lowest BCUT2D eigenvalue weighted by atomic mass is 10.3. The molecule has 0 saturated carbocycles. The third-order valence-electron chi connectivity index (χ3n) is 2.29. The number of rotatable bonds is 5. The van der Waals surface area contributed by atoms with Crippen LogP contribution in [0.5, 0.6) is 0 Å². The molecule has 0 aliphatic carbocycles. The third-order valence-corrected chi connectivity index (χ3v) is 4.68. The summed E-state index contributed by atoms with van der Waals surface area (Å²) in [6.45, 7) is 1.96. The number of nitrogens with one attached hydrogen (secondary N) is 1. The van der Waals surface area contributed by atoms with Crippen LogP contribution in [-0.4, -0.2) is 16.6 Å². The van der Waals surface area contributed by atoms with Crippen molar-refractivity contribution in [3.05, 3.63) is 45.2 Å². The summed E-state index contributed by atoms with van der Waals surface area (Å²) in [5, 5.41) is 2.77. The summed E-state index contributed by atoms with van der Waals surface area (Å²) in [5.41, 5.74) is 1.07. The van der Waals surface area contributed by atoms with E-state index in [1.165, 1.54) is 4.88 Å². The van der Waals surface area contributed by atoms with Crippen LogP contribution >= 0.6 is 34.7 Å². The number of aryl methyl sites for hydroxylation is 1. The summed E-state index contributed by atoms with van der Waals surface area (Å²) in [4.78, 5) is 17.0. The standard InChI is InChI=1S/C13H13ClN2OS2/c1-9-2-5-12(15-6-9)16-13(17)8-18-7-10-3-4-11(14)19-10/h2-6H,7-8H2,1H3,(H,15,16,17). The predicted octanol–water partition coefficient (Wildman–Crippen LogP) is 3.98. The molecule has 0 aromatic carbocycles. The minimum atomic E-state index is -0.0380. The van der Waals surface area contributed by atoms with Crippen molar-refractivity contribution in [3.8, 4) is 0 Å². The highest BCUT2D eigenvalue weighted by Gasteiger charge is 2.04. The summed E-state index contributed by atoms with van der Waals surface area (Å²) < 4.78 is 0.781. The van der Waals surface area contributed by atoms with Crippen molar-refractivity contribution in [1.82, 2.24) is 4.98 Å². The van der Waals surface area contributed by atoms with Crippen molar-refractivity contribution in [2.24, 2.45) is 0 Å². The van der Waals surface area contributed by atoms with E-state index in [-0.39, 0.29) is 5.91 Å². The molecule has 1 amide bonds. The van der Waals surface area contributed by atoms with E-state index in [9.17, 15) is 4.79 Å². The summed E-state index contributed by atoms with van der Waals surface area (Å²) in [6, 6.07) is 7.58. The van der Waals surface area contributed by atoms with E-state index in [2.05, 4.69) is 10.3 Å². The van der Waals surface area contributed by atoms with Crippen LogP contribution in [0.3, 0.4) is 0 Å². The summed E-state index contributed by atoms with van der Waals surface area (Å²) in [6.07, 6.45) is 1.73. The fourth-order valence-corrected chi connectivity index (χ4v) is 3.42. The van der Waals surface area contributed by atoms with Crippen LogP contribution in [0, 0.1) is 6.92 Å². The van der Waals surface area contributed by atoms with Gasteiger partial charge in [-0.05, 0) is 30.7 Å². The van der Waals surface area contributed by atoms with Gasteiger partial charge in [-0.3, -0.25) is 4.79 Å². The molecule has 0 spiro atoms. The van der Waals surface area contributed by atoms with Gasteiger partial charge in [-0.1, -0.05) is 17.7 Å². The molecule has 0 radical (unpaired) electrons. The highest BCUT2D eigenvalue weighted by molar-refractivity contribution is 7.99. The van der Waals surface area contributed by atoms with E-state index < -0.39 is 0 Å². The average molecular weight is 313 g/mol. The van der Waals surface area contributed by atoms with E-state index >= 15 is 0 Å². The lowest BCUT2D eigenvalue weighted by molar-refractivity contribution is -0.113. The number of halogens is 1. The fraction of sp³-hybridized carbons (Fsp3) is 0.231. The van der Waals surface area contributed by atoms with E-state index in [1.807, 2.05) is 25.1 Å². The zero-order valence-corrected chi connectivity index (χ0v) is 12.7. The molecule has 0 unspecified atom stereocenters. The molecule has 100 valence electrons. The van der Waals surface area contributed by atoms with E-state index in [1.54, 1.807) is 35.4 Å². The minimum absolute atomic E-state index is 0.0380.